The lowest BCUT2D eigenvalue weighted by Crippen LogP contribution is -2.35. The molecule has 1 saturated carbocycles. The summed E-state index contributed by atoms with van der Waals surface area (Å²) < 4.78 is 7.02. The van der Waals surface area contributed by atoms with Crippen LogP contribution in [0.2, 0.25) is 0 Å². The van der Waals surface area contributed by atoms with Gasteiger partial charge in [-0.05, 0) is 12.1 Å². The van der Waals surface area contributed by atoms with Crippen LogP contribution in [0.3, 0.4) is 0 Å². The van der Waals surface area contributed by atoms with E-state index in [2.05, 4.69) is 10.4 Å². The highest BCUT2D eigenvalue weighted by atomic mass is 16.5. The molecule has 0 saturated heterocycles. The first-order valence-corrected chi connectivity index (χ1v) is 6.88. The van der Waals surface area contributed by atoms with E-state index in [0.717, 1.165) is 0 Å². The Morgan fingerprint density at radius 1 is 1.27 bits per heavy atom. The van der Waals surface area contributed by atoms with Crippen molar-refractivity contribution in [2.75, 3.05) is 5.32 Å². The van der Waals surface area contributed by atoms with Crippen molar-refractivity contribution in [3.05, 3.63) is 42.6 Å². The van der Waals surface area contributed by atoms with Crippen LogP contribution in [0.15, 0.2) is 42.6 Å². The predicted octanol–water partition coefficient (Wildman–Crippen LogP) is 1.52. The number of hydrogen-bond acceptors (Lipinski definition) is 4. The number of ether oxygens (including phenoxy) is 1. The van der Waals surface area contributed by atoms with Crippen LogP contribution < -0.4 is 10.1 Å². The van der Waals surface area contributed by atoms with Crippen molar-refractivity contribution < 1.29 is 19.4 Å². The number of hydrogen-bond donors (Lipinski definition) is 2. The molecule has 0 radical (unpaired) electrons. The molecule has 1 heterocycles. The first kappa shape index (κ1) is 14.1. The molecular formula is C15H15N3O4. The number of carboxylic acids is 1. The largest absolute Gasteiger partial charge is 0.480 e. The minimum atomic E-state index is -0.993. The molecule has 0 atom stereocenters. The van der Waals surface area contributed by atoms with Crippen molar-refractivity contribution in [1.82, 2.24) is 9.78 Å². The Labute approximate surface area is 126 Å². The zero-order valence-corrected chi connectivity index (χ0v) is 11.7. The number of nitrogens with zero attached hydrogens (tertiary/aromatic N) is 2. The van der Waals surface area contributed by atoms with Gasteiger partial charge in [0.2, 0.25) is 0 Å². The molecule has 114 valence electrons. The number of aromatic nitrogens is 2. The van der Waals surface area contributed by atoms with Gasteiger partial charge in [0.05, 0.1) is 0 Å². The molecule has 1 aromatic carbocycles. The Balaban J connectivity index is 1.64. The highest BCUT2D eigenvalue weighted by molar-refractivity contribution is 5.99. The molecule has 2 N–H and O–H groups in total. The van der Waals surface area contributed by atoms with Crippen molar-refractivity contribution >= 4 is 17.7 Å². The van der Waals surface area contributed by atoms with E-state index in [1.807, 2.05) is 18.2 Å². The minimum Gasteiger partial charge on any atom is -0.480 e. The molecule has 1 amide bonds. The van der Waals surface area contributed by atoms with Crippen LogP contribution in [0.5, 0.6) is 5.75 Å². The number of carbonyl (C=O) groups is 2. The van der Waals surface area contributed by atoms with Gasteiger partial charge in [0.25, 0.3) is 5.91 Å². The molecule has 0 bridgehead atoms. The Kier molecular flexibility index (Phi) is 3.54. The molecule has 7 nitrogen and oxygen atoms in total. The molecule has 0 unspecified atom stereocenters. The third kappa shape index (κ3) is 3.08. The van der Waals surface area contributed by atoms with Gasteiger partial charge in [-0.2, -0.15) is 5.10 Å². The van der Waals surface area contributed by atoms with Gasteiger partial charge in [-0.3, -0.25) is 14.3 Å². The third-order valence-corrected chi connectivity index (χ3v) is 3.35. The van der Waals surface area contributed by atoms with Crippen LogP contribution in [0.25, 0.3) is 0 Å². The lowest BCUT2D eigenvalue weighted by molar-refractivity contribution is -0.137. The summed E-state index contributed by atoms with van der Waals surface area (Å²) in [4.78, 5) is 22.9. The van der Waals surface area contributed by atoms with Crippen molar-refractivity contribution in [2.45, 2.75) is 25.0 Å². The van der Waals surface area contributed by atoms with E-state index in [1.54, 1.807) is 18.2 Å². The number of anilines is 1. The van der Waals surface area contributed by atoms with E-state index in [1.165, 1.54) is 10.9 Å². The molecular weight excluding hydrogens is 286 g/mol. The molecule has 1 aliphatic carbocycles. The van der Waals surface area contributed by atoms with Crippen LogP contribution in [0, 0.1) is 0 Å². The Morgan fingerprint density at radius 2 is 2.00 bits per heavy atom. The van der Waals surface area contributed by atoms with E-state index >= 15 is 0 Å². The fourth-order valence-electron chi connectivity index (χ4n) is 2.09. The maximum Gasteiger partial charge on any atom is 0.325 e. The number of rotatable bonds is 6. The number of carbonyl (C=O) groups excluding carboxylic acids is 1. The first-order valence-electron chi connectivity index (χ1n) is 6.88. The maximum absolute atomic E-state index is 12.3. The average molecular weight is 301 g/mol. The lowest BCUT2D eigenvalue weighted by Gasteiger charge is -2.16. The van der Waals surface area contributed by atoms with Crippen molar-refractivity contribution in [2.24, 2.45) is 0 Å². The van der Waals surface area contributed by atoms with Crippen molar-refractivity contribution in [1.29, 1.82) is 0 Å². The second kappa shape index (κ2) is 5.51. The van der Waals surface area contributed by atoms with Gasteiger partial charge < -0.3 is 15.2 Å². The monoisotopic (exact) mass is 301 g/mol. The molecule has 22 heavy (non-hydrogen) atoms. The van der Waals surface area contributed by atoms with Crippen LogP contribution in [-0.2, 0) is 16.1 Å². The summed E-state index contributed by atoms with van der Waals surface area (Å²) in [6.45, 7) is -0.248. The molecule has 0 spiro atoms. The molecule has 1 fully saturated rings. The number of aliphatic carboxylic acids is 1. The van der Waals surface area contributed by atoms with Crippen LogP contribution >= 0.6 is 0 Å². The Hall–Kier alpha value is -2.83. The maximum atomic E-state index is 12.3. The minimum absolute atomic E-state index is 0.248. The molecule has 0 aliphatic heterocycles. The van der Waals surface area contributed by atoms with Gasteiger partial charge in [0.15, 0.2) is 11.4 Å². The lowest BCUT2D eigenvalue weighted by atomic mass is 10.3. The summed E-state index contributed by atoms with van der Waals surface area (Å²) in [6, 6.07) is 10.7. The van der Waals surface area contributed by atoms with Crippen LogP contribution in [0.4, 0.5) is 5.82 Å². The number of benzene rings is 1. The number of carboxylic acid groups (broad SMARTS) is 1. The van der Waals surface area contributed by atoms with Gasteiger partial charge >= 0.3 is 5.97 Å². The van der Waals surface area contributed by atoms with E-state index in [-0.39, 0.29) is 12.5 Å². The topological polar surface area (TPSA) is 93.5 Å². The van der Waals surface area contributed by atoms with Crippen molar-refractivity contribution in [3.8, 4) is 5.75 Å². The van der Waals surface area contributed by atoms with E-state index in [4.69, 9.17) is 9.84 Å². The summed E-state index contributed by atoms with van der Waals surface area (Å²) >= 11 is 0. The predicted molar refractivity (Wildman–Crippen MR) is 77.5 cm³/mol. The Morgan fingerprint density at radius 3 is 2.64 bits per heavy atom. The van der Waals surface area contributed by atoms with Crippen molar-refractivity contribution in [3.63, 3.8) is 0 Å². The zero-order valence-electron chi connectivity index (χ0n) is 11.7. The van der Waals surface area contributed by atoms with Gasteiger partial charge in [0, 0.05) is 25.1 Å². The normalized spacial score (nSPS) is 15.1. The van der Waals surface area contributed by atoms with Gasteiger partial charge in [-0.15, -0.1) is 0 Å². The van der Waals surface area contributed by atoms with Crippen LogP contribution in [0.1, 0.15) is 12.8 Å². The van der Waals surface area contributed by atoms with Crippen LogP contribution in [-0.4, -0.2) is 32.4 Å². The highest BCUT2D eigenvalue weighted by Gasteiger charge is 2.53. The quantitative estimate of drug-likeness (QED) is 0.843. The first-order chi connectivity index (χ1) is 10.6. The molecule has 7 heteroatoms. The smallest absolute Gasteiger partial charge is 0.325 e. The van der Waals surface area contributed by atoms with Gasteiger partial charge in [-0.25, -0.2) is 0 Å². The SMILES string of the molecule is O=C(O)Cn1ccc(NC(=O)C2(Oc3ccccc3)CC2)n1. The molecule has 1 aromatic heterocycles. The number of para-hydroxylation sites is 1. The summed E-state index contributed by atoms with van der Waals surface area (Å²) in [5.74, 6) is -0.301. The van der Waals surface area contributed by atoms with Gasteiger partial charge in [0.1, 0.15) is 12.3 Å². The molecule has 2 aromatic rings. The van der Waals surface area contributed by atoms with Gasteiger partial charge in [-0.1, -0.05) is 18.2 Å². The fraction of sp³-hybridized carbons (Fsp3) is 0.267. The number of nitrogens with one attached hydrogen (secondary N) is 1. The standard InChI is InChI=1S/C15H15N3O4/c19-13(20)10-18-9-6-12(17-18)16-14(21)15(7-8-15)22-11-4-2-1-3-5-11/h1-6,9H,7-8,10H2,(H,19,20)(H,16,17,21). The summed E-state index contributed by atoms with van der Waals surface area (Å²) in [5.41, 5.74) is -0.849. The van der Waals surface area contributed by atoms with E-state index in [9.17, 15) is 9.59 Å². The van der Waals surface area contributed by atoms with E-state index < -0.39 is 11.6 Å². The average Bonchev–Trinajstić information content (AvgIpc) is 3.14. The van der Waals surface area contributed by atoms with E-state index in [0.29, 0.717) is 24.4 Å². The second-order valence-corrected chi connectivity index (χ2v) is 5.16. The summed E-state index contributed by atoms with van der Waals surface area (Å²) in [5, 5.41) is 15.4. The molecule has 3 rings (SSSR count). The zero-order chi connectivity index (χ0) is 15.6. The third-order valence-electron chi connectivity index (χ3n) is 3.35. The second-order valence-electron chi connectivity index (χ2n) is 5.16. The fourth-order valence-corrected chi connectivity index (χ4v) is 2.09. The summed E-state index contributed by atoms with van der Waals surface area (Å²) in [7, 11) is 0. The molecule has 1 aliphatic rings. The Bertz CT molecular complexity index is 692. The highest BCUT2D eigenvalue weighted by Crippen LogP contribution is 2.41. The summed E-state index contributed by atoms with van der Waals surface area (Å²) in [6.07, 6.45) is 2.79. The number of amides is 1.